The van der Waals surface area contributed by atoms with Crippen LogP contribution in [0.25, 0.3) is 0 Å². The summed E-state index contributed by atoms with van der Waals surface area (Å²) < 4.78 is 10.1. The first-order valence-corrected chi connectivity index (χ1v) is 5.28. The first-order chi connectivity index (χ1) is 7.54. The number of amides is 1. The van der Waals surface area contributed by atoms with Crippen LogP contribution >= 0.6 is 0 Å². The third kappa shape index (κ3) is 2.70. The average Bonchev–Trinajstić information content (AvgIpc) is 2.60. The van der Waals surface area contributed by atoms with Crippen LogP contribution in [0.1, 0.15) is 6.92 Å². The van der Waals surface area contributed by atoms with E-state index >= 15 is 0 Å². The van der Waals surface area contributed by atoms with Gasteiger partial charge in [-0.3, -0.25) is 4.79 Å². The zero-order valence-corrected chi connectivity index (χ0v) is 9.73. The van der Waals surface area contributed by atoms with Crippen LogP contribution in [-0.2, 0) is 14.3 Å². The van der Waals surface area contributed by atoms with Gasteiger partial charge in [0.1, 0.15) is 0 Å². The van der Waals surface area contributed by atoms with Crippen molar-refractivity contribution < 1.29 is 19.4 Å². The standard InChI is InChI=1S/C10H20N2O4/c1-10(6-16-5-8(10)11)9(14)12-7(3-13)4-15-2/h7-8,13H,3-6,11H2,1-2H3,(H,12,14). The van der Waals surface area contributed by atoms with Crippen LogP contribution in [0.4, 0.5) is 0 Å². The molecule has 0 aromatic heterocycles. The Balaban J connectivity index is 2.56. The number of carbonyl (C=O) groups is 1. The Bertz CT molecular complexity index is 249. The van der Waals surface area contributed by atoms with Gasteiger partial charge in [-0.15, -0.1) is 0 Å². The third-order valence-corrected chi connectivity index (χ3v) is 2.96. The molecule has 4 N–H and O–H groups in total. The van der Waals surface area contributed by atoms with Crippen molar-refractivity contribution in [2.24, 2.45) is 11.1 Å². The van der Waals surface area contributed by atoms with Gasteiger partial charge in [-0.2, -0.15) is 0 Å². The highest BCUT2D eigenvalue weighted by Crippen LogP contribution is 2.27. The molecule has 1 heterocycles. The number of carbonyl (C=O) groups excluding carboxylic acids is 1. The number of ether oxygens (including phenoxy) is 2. The molecule has 94 valence electrons. The monoisotopic (exact) mass is 232 g/mol. The van der Waals surface area contributed by atoms with E-state index in [-0.39, 0.29) is 25.2 Å². The van der Waals surface area contributed by atoms with Crippen LogP contribution in [-0.4, -0.2) is 56.6 Å². The van der Waals surface area contributed by atoms with Gasteiger partial charge in [0.2, 0.25) is 5.91 Å². The van der Waals surface area contributed by atoms with Gasteiger partial charge >= 0.3 is 0 Å². The first kappa shape index (κ1) is 13.4. The van der Waals surface area contributed by atoms with Crippen molar-refractivity contribution in [1.29, 1.82) is 0 Å². The van der Waals surface area contributed by atoms with E-state index < -0.39 is 11.5 Å². The quantitative estimate of drug-likeness (QED) is 0.535. The molecule has 6 heteroatoms. The summed E-state index contributed by atoms with van der Waals surface area (Å²) in [5.41, 5.74) is 5.10. The molecule has 0 bridgehead atoms. The van der Waals surface area contributed by atoms with Crippen molar-refractivity contribution in [3.63, 3.8) is 0 Å². The van der Waals surface area contributed by atoms with Gasteiger partial charge in [-0.25, -0.2) is 0 Å². The molecule has 1 saturated heterocycles. The highest BCUT2D eigenvalue weighted by atomic mass is 16.5. The van der Waals surface area contributed by atoms with Crippen LogP contribution in [0, 0.1) is 5.41 Å². The number of methoxy groups -OCH3 is 1. The maximum atomic E-state index is 12.0. The van der Waals surface area contributed by atoms with Crippen molar-refractivity contribution in [1.82, 2.24) is 5.32 Å². The van der Waals surface area contributed by atoms with Crippen molar-refractivity contribution in [3.8, 4) is 0 Å². The summed E-state index contributed by atoms with van der Waals surface area (Å²) in [5, 5.41) is 11.7. The lowest BCUT2D eigenvalue weighted by molar-refractivity contribution is -0.132. The highest BCUT2D eigenvalue weighted by molar-refractivity contribution is 5.83. The lowest BCUT2D eigenvalue weighted by Crippen LogP contribution is -2.54. The Kier molecular flexibility index (Phi) is 4.67. The van der Waals surface area contributed by atoms with Crippen LogP contribution in [0.2, 0.25) is 0 Å². The summed E-state index contributed by atoms with van der Waals surface area (Å²) in [4.78, 5) is 12.0. The number of rotatable bonds is 5. The van der Waals surface area contributed by atoms with E-state index in [1.54, 1.807) is 6.92 Å². The molecule has 0 aromatic carbocycles. The zero-order chi connectivity index (χ0) is 12.2. The molecular formula is C10H20N2O4. The fourth-order valence-electron chi connectivity index (χ4n) is 1.61. The number of nitrogens with two attached hydrogens (primary N) is 1. The Hall–Kier alpha value is -0.690. The molecular weight excluding hydrogens is 212 g/mol. The molecule has 0 aromatic rings. The first-order valence-electron chi connectivity index (χ1n) is 5.28. The summed E-state index contributed by atoms with van der Waals surface area (Å²) >= 11 is 0. The highest BCUT2D eigenvalue weighted by Gasteiger charge is 2.44. The Labute approximate surface area is 95.1 Å². The van der Waals surface area contributed by atoms with Gasteiger partial charge in [0.25, 0.3) is 0 Å². The van der Waals surface area contributed by atoms with E-state index in [1.165, 1.54) is 7.11 Å². The van der Waals surface area contributed by atoms with Crippen molar-refractivity contribution in [2.45, 2.75) is 19.0 Å². The molecule has 1 amide bonds. The minimum absolute atomic E-state index is 0.161. The van der Waals surface area contributed by atoms with Gasteiger partial charge in [-0.1, -0.05) is 0 Å². The zero-order valence-electron chi connectivity index (χ0n) is 9.73. The van der Waals surface area contributed by atoms with Crippen molar-refractivity contribution in [3.05, 3.63) is 0 Å². The van der Waals surface area contributed by atoms with Crippen LogP contribution < -0.4 is 11.1 Å². The van der Waals surface area contributed by atoms with E-state index in [9.17, 15) is 4.79 Å². The van der Waals surface area contributed by atoms with Gasteiger partial charge in [0, 0.05) is 13.2 Å². The largest absolute Gasteiger partial charge is 0.394 e. The van der Waals surface area contributed by atoms with Crippen molar-refractivity contribution >= 4 is 5.91 Å². The second kappa shape index (κ2) is 5.58. The number of hydrogen-bond donors (Lipinski definition) is 3. The Morgan fingerprint density at radius 2 is 2.50 bits per heavy atom. The summed E-state index contributed by atoms with van der Waals surface area (Å²) in [6.45, 7) is 2.57. The van der Waals surface area contributed by atoms with Crippen LogP contribution in [0.15, 0.2) is 0 Å². The molecule has 0 saturated carbocycles. The molecule has 1 rings (SSSR count). The molecule has 1 aliphatic rings. The van der Waals surface area contributed by atoms with Gasteiger partial charge in [0.15, 0.2) is 0 Å². The SMILES string of the molecule is COCC(CO)NC(=O)C1(C)COCC1N. The van der Waals surface area contributed by atoms with Crippen molar-refractivity contribution in [2.75, 3.05) is 33.5 Å². The van der Waals surface area contributed by atoms with Crippen LogP contribution in [0.5, 0.6) is 0 Å². The normalized spacial score (nSPS) is 31.4. The number of aliphatic hydroxyl groups is 1. The smallest absolute Gasteiger partial charge is 0.230 e. The summed E-state index contributed by atoms with van der Waals surface area (Å²) in [6, 6.07) is -0.712. The molecule has 3 unspecified atom stereocenters. The molecule has 16 heavy (non-hydrogen) atoms. The summed E-state index contributed by atoms with van der Waals surface area (Å²) in [6.07, 6.45) is 0. The van der Waals surface area contributed by atoms with Gasteiger partial charge in [0.05, 0.1) is 37.9 Å². The van der Waals surface area contributed by atoms with Gasteiger partial charge < -0.3 is 25.6 Å². The number of hydrogen-bond acceptors (Lipinski definition) is 5. The molecule has 0 spiro atoms. The van der Waals surface area contributed by atoms with E-state index in [1.807, 2.05) is 0 Å². The fourth-order valence-corrected chi connectivity index (χ4v) is 1.61. The second-order valence-electron chi connectivity index (χ2n) is 4.35. The van der Waals surface area contributed by atoms with E-state index in [0.717, 1.165) is 0 Å². The topological polar surface area (TPSA) is 93.8 Å². The average molecular weight is 232 g/mol. The molecule has 1 aliphatic heterocycles. The van der Waals surface area contributed by atoms with E-state index in [4.69, 9.17) is 20.3 Å². The lowest BCUT2D eigenvalue weighted by Gasteiger charge is -2.27. The lowest BCUT2D eigenvalue weighted by atomic mass is 9.84. The third-order valence-electron chi connectivity index (χ3n) is 2.96. The predicted octanol–water partition coefficient (Wildman–Crippen LogP) is -1.53. The molecule has 3 atom stereocenters. The van der Waals surface area contributed by atoms with E-state index in [0.29, 0.717) is 13.2 Å². The fraction of sp³-hybridized carbons (Fsp3) is 0.900. The number of nitrogens with one attached hydrogen (secondary N) is 1. The maximum Gasteiger partial charge on any atom is 0.230 e. The van der Waals surface area contributed by atoms with E-state index in [2.05, 4.69) is 5.32 Å². The maximum absolute atomic E-state index is 12.0. The second-order valence-corrected chi connectivity index (χ2v) is 4.35. The minimum atomic E-state index is -0.721. The predicted molar refractivity (Wildman–Crippen MR) is 57.8 cm³/mol. The Morgan fingerprint density at radius 1 is 1.81 bits per heavy atom. The molecule has 1 fully saturated rings. The van der Waals surface area contributed by atoms with Gasteiger partial charge in [-0.05, 0) is 6.92 Å². The summed E-state index contributed by atoms with van der Waals surface area (Å²) in [5.74, 6) is -0.200. The molecule has 0 radical (unpaired) electrons. The minimum Gasteiger partial charge on any atom is -0.394 e. The van der Waals surface area contributed by atoms with Crippen LogP contribution in [0.3, 0.4) is 0 Å². The molecule has 0 aliphatic carbocycles. The molecule has 6 nitrogen and oxygen atoms in total. The summed E-state index contributed by atoms with van der Waals surface area (Å²) in [7, 11) is 1.51. The Morgan fingerprint density at radius 3 is 2.94 bits per heavy atom. The number of aliphatic hydroxyl groups excluding tert-OH is 1.